The van der Waals surface area contributed by atoms with Crippen LogP contribution in [0.15, 0.2) is 5.38 Å². The number of aryl methyl sites for hydroxylation is 1. The lowest BCUT2D eigenvalue weighted by Crippen LogP contribution is -2.45. The topological polar surface area (TPSA) is 68.0 Å². The van der Waals surface area contributed by atoms with Gasteiger partial charge < -0.3 is 11.1 Å². The van der Waals surface area contributed by atoms with Crippen LogP contribution in [0.1, 0.15) is 50.4 Å². The molecule has 3 unspecified atom stereocenters. The maximum atomic E-state index is 12.0. The van der Waals surface area contributed by atoms with Crippen LogP contribution in [0.2, 0.25) is 0 Å². The minimum atomic E-state index is -0.440. The zero-order valence-electron chi connectivity index (χ0n) is 12.4. The van der Waals surface area contributed by atoms with Crippen LogP contribution in [0.25, 0.3) is 0 Å². The predicted molar refractivity (Wildman–Crippen MR) is 90.0 cm³/mol. The number of aromatic nitrogens is 1. The second-order valence-electron chi connectivity index (χ2n) is 4.71. The quantitative estimate of drug-likeness (QED) is 0.834. The van der Waals surface area contributed by atoms with Gasteiger partial charge in [-0.2, -0.15) is 0 Å². The Balaban J connectivity index is 0. The highest BCUT2D eigenvalue weighted by Gasteiger charge is 2.23. The summed E-state index contributed by atoms with van der Waals surface area (Å²) in [6, 6.07) is -0.462. The molecule has 1 amide bonds. The summed E-state index contributed by atoms with van der Waals surface area (Å²) in [5.41, 5.74) is 6.92. The predicted octanol–water partition coefficient (Wildman–Crippen LogP) is 3.24. The van der Waals surface area contributed by atoms with Crippen molar-refractivity contribution in [3.8, 4) is 0 Å². The van der Waals surface area contributed by atoms with Gasteiger partial charge >= 0.3 is 0 Å². The molecule has 0 aliphatic rings. The zero-order valence-corrected chi connectivity index (χ0v) is 14.8. The van der Waals surface area contributed by atoms with Crippen molar-refractivity contribution in [1.82, 2.24) is 10.3 Å². The lowest BCUT2D eigenvalue weighted by Gasteiger charge is -2.21. The highest BCUT2D eigenvalue weighted by atomic mass is 35.5. The van der Waals surface area contributed by atoms with Crippen molar-refractivity contribution >= 4 is 42.1 Å². The number of nitrogens with two attached hydrogens (primary N) is 1. The molecule has 0 fully saturated rings. The van der Waals surface area contributed by atoms with Crippen LogP contribution < -0.4 is 11.1 Å². The normalized spacial score (nSPS) is 14.4. The summed E-state index contributed by atoms with van der Waals surface area (Å²) >= 11 is 1.58. The summed E-state index contributed by atoms with van der Waals surface area (Å²) in [6.07, 6.45) is 1.73. The van der Waals surface area contributed by atoms with Gasteiger partial charge in [0.1, 0.15) is 5.01 Å². The first-order valence-electron chi connectivity index (χ1n) is 6.47. The van der Waals surface area contributed by atoms with Gasteiger partial charge in [-0.1, -0.05) is 27.2 Å². The summed E-state index contributed by atoms with van der Waals surface area (Å²) in [5.74, 6) is 0.115. The third-order valence-corrected chi connectivity index (χ3v) is 4.30. The van der Waals surface area contributed by atoms with E-state index >= 15 is 0 Å². The van der Waals surface area contributed by atoms with E-state index in [-0.39, 0.29) is 42.7 Å². The van der Waals surface area contributed by atoms with Gasteiger partial charge in [-0.25, -0.2) is 4.98 Å². The molecule has 1 aromatic rings. The Hall–Kier alpha value is -0.360. The fraction of sp³-hybridized carbons (Fsp3) is 0.692. The number of carbonyl (C=O) groups is 1. The van der Waals surface area contributed by atoms with Gasteiger partial charge in [0.15, 0.2) is 0 Å². The molecule has 20 heavy (non-hydrogen) atoms. The molecule has 7 heteroatoms. The molecule has 118 valence electrons. The maximum absolute atomic E-state index is 12.0. The standard InChI is InChI=1S/C13H23N3OS.2ClH/c1-5-8(3)11(14)12(17)16-10(6-2)13-15-9(4)7-18-13;;/h7-8,10-11H,5-6,14H2,1-4H3,(H,16,17);2*1H. The monoisotopic (exact) mass is 341 g/mol. The summed E-state index contributed by atoms with van der Waals surface area (Å²) in [5, 5.41) is 5.95. The minimum absolute atomic E-state index is 0. The molecule has 0 spiro atoms. The first-order valence-corrected chi connectivity index (χ1v) is 7.35. The van der Waals surface area contributed by atoms with Crippen LogP contribution in [0.4, 0.5) is 0 Å². The molecule has 4 nitrogen and oxygen atoms in total. The molecule has 1 aromatic heterocycles. The molecular formula is C13H25Cl2N3OS. The van der Waals surface area contributed by atoms with Crippen LogP contribution in [0.5, 0.6) is 0 Å². The zero-order chi connectivity index (χ0) is 13.7. The number of thiazole rings is 1. The molecular weight excluding hydrogens is 317 g/mol. The van der Waals surface area contributed by atoms with Crippen molar-refractivity contribution < 1.29 is 4.79 Å². The first-order chi connectivity index (χ1) is 8.49. The van der Waals surface area contributed by atoms with E-state index in [4.69, 9.17) is 5.73 Å². The van der Waals surface area contributed by atoms with Gasteiger partial charge in [0.05, 0.1) is 12.1 Å². The van der Waals surface area contributed by atoms with E-state index < -0.39 is 6.04 Å². The van der Waals surface area contributed by atoms with Gasteiger partial charge in [-0.3, -0.25) is 4.79 Å². The molecule has 0 saturated carbocycles. The number of nitrogens with zero attached hydrogens (tertiary/aromatic N) is 1. The maximum Gasteiger partial charge on any atom is 0.237 e. The summed E-state index contributed by atoms with van der Waals surface area (Å²) < 4.78 is 0. The Kier molecular flexibility index (Phi) is 11.4. The van der Waals surface area contributed by atoms with Gasteiger partial charge in [0.25, 0.3) is 0 Å². The van der Waals surface area contributed by atoms with E-state index in [2.05, 4.69) is 10.3 Å². The highest BCUT2D eigenvalue weighted by Crippen LogP contribution is 2.21. The molecule has 0 aliphatic carbocycles. The second-order valence-corrected chi connectivity index (χ2v) is 5.60. The van der Waals surface area contributed by atoms with E-state index in [1.54, 1.807) is 11.3 Å². The van der Waals surface area contributed by atoms with Gasteiger partial charge in [-0.05, 0) is 19.3 Å². The van der Waals surface area contributed by atoms with E-state index in [1.165, 1.54) is 0 Å². The number of nitrogens with one attached hydrogen (secondary N) is 1. The van der Waals surface area contributed by atoms with E-state index in [0.717, 1.165) is 23.5 Å². The van der Waals surface area contributed by atoms with Crippen LogP contribution in [0.3, 0.4) is 0 Å². The van der Waals surface area contributed by atoms with Crippen molar-refractivity contribution in [2.75, 3.05) is 0 Å². The molecule has 1 heterocycles. The Bertz CT molecular complexity index is 401. The lowest BCUT2D eigenvalue weighted by atomic mass is 9.99. The van der Waals surface area contributed by atoms with E-state index in [9.17, 15) is 4.79 Å². The number of hydrogen-bond donors (Lipinski definition) is 2. The second kappa shape index (κ2) is 10.4. The van der Waals surface area contributed by atoms with Gasteiger partial charge in [0.2, 0.25) is 5.91 Å². The van der Waals surface area contributed by atoms with Gasteiger partial charge in [-0.15, -0.1) is 36.2 Å². The van der Waals surface area contributed by atoms with Crippen LogP contribution in [-0.2, 0) is 4.79 Å². The third-order valence-electron chi connectivity index (χ3n) is 3.22. The Morgan fingerprint density at radius 3 is 2.40 bits per heavy atom. The third kappa shape index (κ3) is 5.95. The van der Waals surface area contributed by atoms with E-state index in [1.807, 2.05) is 33.1 Å². The fourth-order valence-electron chi connectivity index (χ4n) is 1.65. The number of amides is 1. The Morgan fingerprint density at radius 2 is 2.00 bits per heavy atom. The number of carbonyl (C=O) groups excluding carboxylic acids is 1. The average molecular weight is 342 g/mol. The summed E-state index contributed by atoms with van der Waals surface area (Å²) in [6.45, 7) is 8.04. The van der Waals surface area contributed by atoms with Gasteiger partial charge in [0, 0.05) is 11.1 Å². The Labute approximate surface area is 137 Å². The highest BCUT2D eigenvalue weighted by molar-refractivity contribution is 7.09. The molecule has 0 aliphatic heterocycles. The molecule has 3 atom stereocenters. The molecule has 3 N–H and O–H groups in total. The SMILES string of the molecule is CCC(NC(=O)C(N)C(C)CC)c1nc(C)cs1.Cl.Cl. The summed E-state index contributed by atoms with van der Waals surface area (Å²) in [7, 11) is 0. The largest absolute Gasteiger partial charge is 0.346 e. The first kappa shape index (κ1) is 21.9. The van der Waals surface area contributed by atoms with Crippen molar-refractivity contribution in [2.24, 2.45) is 11.7 Å². The number of rotatable bonds is 6. The van der Waals surface area contributed by atoms with E-state index in [0.29, 0.717) is 0 Å². The van der Waals surface area contributed by atoms with Crippen molar-refractivity contribution in [3.05, 3.63) is 16.1 Å². The molecule has 0 bridgehead atoms. The fourth-order valence-corrected chi connectivity index (χ4v) is 2.58. The van der Waals surface area contributed by atoms with Crippen LogP contribution in [0, 0.1) is 12.8 Å². The molecule has 0 saturated heterocycles. The molecule has 1 rings (SSSR count). The Morgan fingerprint density at radius 1 is 1.40 bits per heavy atom. The summed E-state index contributed by atoms with van der Waals surface area (Å²) in [4.78, 5) is 16.5. The van der Waals surface area contributed by atoms with Crippen molar-refractivity contribution in [3.63, 3.8) is 0 Å². The number of hydrogen-bond acceptors (Lipinski definition) is 4. The minimum Gasteiger partial charge on any atom is -0.346 e. The van der Waals surface area contributed by atoms with Crippen LogP contribution >= 0.6 is 36.2 Å². The van der Waals surface area contributed by atoms with Crippen molar-refractivity contribution in [1.29, 1.82) is 0 Å². The molecule has 0 aromatic carbocycles. The average Bonchev–Trinajstić information content (AvgIpc) is 2.80. The van der Waals surface area contributed by atoms with Crippen molar-refractivity contribution in [2.45, 2.75) is 52.6 Å². The lowest BCUT2D eigenvalue weighted by molar-refractivity contribution is -0.124. The number of halogens is 2. The molecule has 0 radical (unpaired) electrons. The van der Waals surface area contributed by atoms with Crippen LogP contribution in [-0.4, -0.2) is 16.9 Å². The smallest absolute Gasteiger partial charge is 0.237 e.